The molecule has 0 radical (unpaired) electrons. The number of thiocarbonyl (C=S) groups is 1. The molecule has 0 atom stereocenters. The van der Waals surface area contributed by atoms with E-state index >= 15 is 0 Å². The first-order valence-electron chi connectivity index (χ1n) is 6.24. The Morgan fingerprint density at radius 2 is 2.29 bits per heavy atom. The number of carbonyl (C=O) groups excluding carboxylic acids is 1. The van der Waals surface area contributed by atoms with Crippen LogP contribution in [0.1, 0.15) is 23.7 Å². The van der Waals surface area contributed by atoms with Gasteiger partial charge in [-0.1, -0.05) is 18.1 Å². The fourth-order valence-corrected chi connectivity index (χ4v) is 2.25. The maximum absolute atomic E-state index is 12.0. The second-order valence-corrected chi connectivity index (χ2v) is 5.78. The summed E-state index contributed by atoms with van der Waals surface area (Å²) in [4.78, 5) is 13.5. The molecule has 1 heterocycles. The molecule has 0 aliphatic carbocycles. The van der Waals surface area contributed by atoms with E-state index in [-0.39, 0.29) is 17.0 Å². The molecule has 0 saturated carbocycles. The number of nitrogens with one attached hydrogen (secondary N) is 2. The van der Waals surface area contributed by atoms with Gasteiger partial charge < -0.3 is 0 Å². The summed E-state index contributed by atoms with van der Waals surface area (Å²) >= 11 is 7.20. The summed E-state index contributed by atoms with van der Waals surface area (Å²) in [6.45, 7) is 2.69. The van der Waals surface area contributed by atoms with E-state index in [1.54, 1.807) is 12.1 Å². The third-order valence-corrected chi connectivity index (χ3v) is 3.29. The number of halogens is 1. The van der Waals surface area contributed by atoms with Crippen molar-refractivity contribution in [3.8, 4) is 0 Å². The zero-order valence-corrected chi connectivity index (χ0v) is 14.2. The summed E-state index contributed by atoms with van der Waals surface area (Å²) in [5, 5.41) is 17.2. The lowest BCUT2D eigenvalue weighted by Gasteiger charge is -2.06. The predicted octanol–water partition coefficient (Wildman–Crippen LogP) is 1.81. The van der Waals surface area contributed by atoms with Crippen LogP contribution in [0.5, 0.6) is 0 Å². The SMILES string of the molecule is CCCn1nnc(NC(=S)NC(=O)c2cccc(I)c2)n1. The number of aromatic nitrogens is 4. The van der Waals surface area contributed by atoms with Crippen LogP contribution in [0.15, 0.2) is 24.3 Å². The zero-order chi connectivity index (χ0) is 15.2. The maximum Gasteiger partial charge on any atom is 0.269 e. The van der Waals surface area contributed by atoms with Crippen molar-refractivity contribution in [1.29, 1.82) is 0 Å². The van der Waals surface area contributed by atoms with E-state index in [4.69, 9.17) is 12.2 Å². The smallest absolute Gasteiger partial charge is 0.269 e. The molecule has 1 aromatic carbocycles. The van der Waals surface area contributed by atoms with E-state index < -0.39 is 0 Å². The molecule has 0 unspecified atom stereocenters. The summed E-state index contributed by atoms with van der Waals surface area (Å²) in [7, 11) is 0. The van der Waals surface area contributed by atoms with Gasteiger partial charge in [-0.3, -0.25) is 15.4 Å². The molecule has 2 N–H and O–H groups in total. The summed E-state index contributed by atoms with van der Waals surface area (Å²) in [6, 6.07) is 7.21. The van der Waals surface area contributed by atoms with E-state index in [9.17, 15) is 4.79 Å². The summed E-state index contributed by atoms with van der Waals surface area (Å²) in [6.07, 6.45) is 0.906. The number of aryl methyl sites for hydroxylation is 1. The quantitative estimate of drug-likeness (QED) is 0.585. The Bertz CT molecular complexity index is 659. The molecule has 0 aliphatic rings. The number of anilines is 1. The highest BCUT2D eigenvalue weighted by atomic mass is 127. The first-order chi connectivity index (χ1) is 10.1. The molecule has 1 amide bonds. The van der Waals surface area contributed by atoms with Crippen molar-refractivity contribution in [2.24, 2.45) is 0 Å². The van der Waals surface area contributed by atoms with Crippen LogP contribution in [0.3, 0.4) is 0 Å². The van der Waals surface area contributed by atoms with Crippen LogP contribution in [0.2, 0.25) is 0 Å². The number of rotatable bonds is 4. The predicted molar refractivity (Wildman–Crippen MR) is 91.0 cm³/mol. The number of nitrogens with zero attached hydrogens (tertiary/aromatic N) is 4. The monoisotopic (exact) mass is 416 g/mol. The first-order valence-corrected chi connectivity index (χ1v) is 7.73. The standard InChI is InChI=1S/C12H13IN6OS/c1-2-6-19-17-11(16-18-19)15-12(21)14-10(20)8-4-3-5-9(13)7-8/h3-5,7H,2,6H2,1H3,(H2,14,15,17,20,21). The number of tetrazole rings is 1. The lowest BCUT2D eigenvalue weighted by atomic mass is 10.2. The minimum atomic E-state index is -0.285. The Morgan fingerprint density at radius 3 is 3.00 bits per heavy atom. The maximum atomic E-state index is 12.0. The molecule has 7 nitrogen and oxygen atoms in total. The molecule has 0 aliphatic heterocycles. The molecular formula is C12H13IN6OS. The van der Waals surface area contributed by atoms with E-state index in [1.165, 1.54) is 4.80 Å². The highest BCUT2D eigenvalue weighted by molar-refractivity contribution is 14.1. The second kappa shape index (κ2) is 7.41. The number of benzene rings is 1. The largest absolute Gasteiger partial charge is 0.299 e. The van der Waals surface area contributed by atoms with Gasteiger partial charge in [-0.15, -0.1) is 5.10 Å². The Hall–Kier alpha value is -1.62. The highest BCUT2D eigenvalue weighted by Gasteiger charge is 2.10. The minimum Gasteiger partial charge on any atom is -0.299 e. The number of hydrogen-bond acceptors (Lipinski definition) is 5. The van der Waals surface area contributed by atoms with Crippen molar-refractivity contribution in [2.45, 2.75) is 19.9 Å². The Kier molecular flexibility index (Phi) is 5.56. The van der Waals surface area contributed by atoms with E-state index in [0.717, 1.165) is 9.99 Å². The van der Waals surface area contributed by atoms with Crippen LogP contribution in [-0.2, 0) is 6.54 Å². The fourth-order valence-electron chi connectivity index (χ4n) is 1.53. The van der Waals surface area contributed by atoms with Crippen molar-refractivity contribution in [3.63, 3.8) is 0 Å². The third kappa shape index (κ3) is 4.70. The van der Waals surface area contributed by atoms with Gasteiger partial charge in [-0.25, -0.2) is 0 Å². The van der Waals surface area contributed by atoms with Crippen LogP contribution < -0.4 is 10.6 Å². The Labute approximate surface area is 140 Å². The van der Waals surface area contributed by atoms with Gasteiger partial charge in [-0.2, -0.15) is 4.80 Å². The van der Waals surface area contributed by atoms with Crippen molar-refractivity contribution < 1.29 is 4.79 Å². The zero-order valence-electron chi connectivity index (χ0n) is 11.2. The molecule has 0 bridgehead atoms. The number of hydrogen-bond donors (Lipinski definition) is 2. The van der Waals surface area contributed by atoms with Crippen molar-refractivity contribution >= 4 is 51.8 Å². The topological polar surface area (TPSA) is 84.7 Å². The van der Waals surface area contributed by atoms with Crippen molar-refractivity contribution in [2.75, 3.05) is 5.32 Å². The average molecular weight is 416 g/mol. The lowest BCUT2D eigenvalue weighted by Crippen LogP contribution is -2.34. The van der Waals surface area contributed by atoms with Crippen LogP contribution in [0.25, 0.3) is 0 Å². The highest BCUT2D eigenvalue weighted by Crippen LogP contribution is 2.07. The van der Waals surface area contributed by atoms with Gasteiger partial charge >= 0.3 is 0 Å². The lowest BCUT2D eigenvalue weighted by molar-refractivity contribution is 0.0977. The number of carbonyl (C=O) groups is 1. The van der Waals surface area contributed by atoms with E-state index in [0.29, 0.717) is 12.1 Å². The molecule has 21 heavy (non-hydrogen) atoms. The van der Waals surface area contributed by atoms with Gasteiger partial charge in [0, 0.05) is 9.13 Å². The van der Waals surface area contributed by atoms with E-state index in [2.05, 4.69) is 48.6 Å². The normalized spacial score (nSPS) is 10.2. The third-order valence-electron chi connectivity index (χ3n) is 2.42. The molecule has 9 heteroatoms. The van der Waals surface area contributed by atoms with Crippen LogP contribution in [0.4, 0.5) is 5.95 Å². The minimum absolute atomic E-state index is 0.134. The molecule has 2 aromatic rings. The molecule has 0 saturated heterocycles. The van der Waals surface area contributed by atoms with Gasteiger partial charge in [0.15, 0.2) is 5.11 Å². The van der Waals surface area contributed by atoms with Gasteiger partial charge in [0.1, 0.15) is 0 Å². The van der Waals surface area contributed by atoms with Crippen LogP contribution >= 0.6 is 34.8 Å². The van der Waals surface area contributed by atoms with Crippen molar-refractivity contribution in [1.82, 2.24) is 25.5 Å². The second-order valence-electron chi connectivity index (χ2n) is 4.13. The summed E-state index contributed by atoms with van der Waals surface area (Å²) < 4.78 is 0.975. The van der Waals surface area contributed by atoms with Gasteiger partial charge in [0.25, 0.3) is 11.9 Å². The van der Waals surface area contributed by atoms with Gasteiger partial charge in [0.2, 0.25) is 0 Å². The molecule has 1 aromatic heterocycles. The van der Waals surface area contributed by atoms with Crippen LogP contribution in [0, 0.1) is 3.57 Å². The van der Waals surface area contributed by atoms with E-state index in [1.807, 2.05) is 19.1 Å². The molecule has 0 fully saturated rings. The molecular weight excluding hydrogens is 403 g/mol. The van der Waals surface area contributed by atoms with Gasteiger partial charge in [0.05, 0.1) is 6.54 Å². The summed E-state index contributed by atoms with van der Waals surface area (Å²) in [5.41, 5.74) is 0.536. The molecule has 110 valence electrons. The van der Waals surface area contributed by atoms with Gasteiger partial charge in [-0.05, 0) is 64.6 Å². The number of amides is 1. The average Bonchev–Trinajstić information content (AvgIpc) is 2.86. The fraction of sp³-hybridized carbons (Fsp3) is 0.250. The Balaban J connectivity index is 1.93. The van der Waals surface area contributed by atoms with Crippen LogP contribution in [-0.4, -0.2) is 31.2 Å². The molecule has 0 spiro atoms. The molecule has 2 rings (SSSR count). The first kappa shape index (κ1) is 15.8. The Morgan fingerprint density at radius 1 is 1.48 bits per heavy atom. The van der Waals surface area contributed by atoms with Crippen molar-refractivity contribution in [3.05, 3.63) is 33.4 Å². The summed E-state index contributed by atoms with van der Waals surface area (Å²) in [5.74, 6) is -0.0247.